The number of esters is 1. The quantitative estimate of drug-likeness (QED) is 0.0101. The van der Waals surface area contributed by atoms with Crippen LogP contribution in [0.1, 0.15) is 148 Å². The Bertz CT molecular complexity index is 5330. The fourth-order valence-corrected chi connectivity index (χ4v) is 12.8. The predicted molar refractivity (Wildman–Crippen MR) is 420 cm³/mol. The first-order valence-corrected chi connectivity index (χ1v) is 38.9. The Morgan fingerprint density at radius 2 is 0.857 bits per heavy atom. The standard InChI is InChI=1S/C29H38ClFN6O9.C27H35ClFN9O9.C15H15ClFN9O7/c1-11-42-23(39)29(13-32-10,16(3)38)43-12-17-15(2)18(31)22(44-17)36-14-33-19-20(36)34-24(30)35-21(19)37(25(40)45-27(4,5)6)26(41)46-28(7,8)9;1-12-14(10-44-27(13(2)39,21(40)41)9-15-33-35-36-34-15)45-20(16(12)29)37-11-30-17-18(37)31-22(28)32-19(17)38(23(42)46-25(3,4)5)24(43)47-26(6,7)8;16-14-20-9(18)7-10(21-14)26(3-19-7)11-6(17)8(27)4(33-11)2-32-15(12(28)29,13(30)31)1-5-22-24-25-23-5/h14-15,17-18,22H,11-13H2,1-9H3;11-12,14,16,20H,9-10H2,1-8H3,(H,40,41)(H,33,34,35,36);3-4,6,8,11,27H,1-2H2,(H,28,29)(H,30,31)(H2,18,20,21)(H,22,23,24,25)/t15-,17-,18+,22-,29?;12-,14-,16+,20-,27?;4-,6+,8-,11-/m111/s1. The lowest BCUT2D eigenvalue weighted by atomic mass is 9.94. The number of ether oxygens (including phenoxy) is 11. The summed E-state index contributed by atoms with van der Waals surface area (Å²) in [5.74, 6) is -10.9. The number of halogens is 6. The van der Waals surface area contributed by atoms with Gasteiger partial charge in [-0.3, -0.25) is 23.3 Å². The van der Waals surface area contributed by atoms with Gasteiger partial charge in [-0.25, -0.2) is 73.1 Å². The van der Waals surface area contributed by atoms with Crippen LogP contribution in [0.5, 0.6) is 0 Å². The monoisotopic (exact) mass is 1840 g/mol. The number of nitrogens with one attached hydrogen (secondary N) is 2. The summed E-state index contributed by atoms with van der Waals surface area (Å²) in [5.41, 5.74) is -6.15. The van der Waals surface area contributed by atoms with Gasteiger partial charge in [-0.1, -0.05) is 24.3 Å². The average molecular weight is 1840 g/mol. The molecule has 3 fully saturated rings. The van der Waals surface area contributed by atoms with Crippen molar-refractivity contribution in [2.75, 3.05) is 48.5 Å². The summed E-state index contributed by atoms with van der Waals surface area (Å²) in [5, 5.41) is 63.5. The van der Waals surface area contributed by atoms with Gasteiger partial charge in [0.25, 0.3) is 17.7 Å². The molecule has 11 rings (SSSR count). The third kappa shape index (κ3) is 21.8. The topological polar surface area (TPSA) is 630 Å². The van der Waals surface area contributed by atoms with Crippen molar-refractivity contribution in [1.82, 2.24) is 99.8 Å². The van der Waals surface area contributed by atoms with Crippen LogP contribution < -0.4 is 15.5 Å². The summed E-state index contributed by atoms with van der Waals surface area (Å²) in [6.07, 6.45) is -17.5. The van der Waals surface area contributed by atoms with Crippen molar-refractivity contribution in [2.24, 2.45) is 11.8 Å². The first kappa shape index (κ1) is 98.0. The van der Waals surface area contributed by atoms with Crippen LogP contribution in [0, 0.1) is 18.4 Å². The van der Waals surface area contributed by atoms with E-state index in [-0.39, 0.29) is 68.7 Å². The molecule has 11 heterocycles. The van der Waals surface area contributed by atoms with Gasteiger partial charge < -0.3 is 83.1 Å². The predicted octanol–water partition coefficient (Wildman–Crippen LogP) is 6.41. The smallest absolute Gasteiger partial charge is 0.425 e. The van der Waals surface area contributed by atoms with Gasteiger partial charge in [-0.2, -0.15) is 50.1 Å². The number of imide groups is 2. The maximum atomic E-state index is 15.9. The Morgan fingerprint density at radius 3 is 1.21 bits per heavy atom. The maximum Gasteiger partial charge on any atom is 0.425 e. The Hall–Kier alpha value is -11.8. The van der Waals surface area contributed by atoms with Crippen molar-refractivity contribution in [3.63, 3.8) is 0 Å². The number of aliphatic hydroxyl groups excluding tert-OH is 1. The molecule has 0 aromatic carbocycles. The average Bonchev–Trinajstić information content (AvgIpc) is 1.60. The van der Waals surface area contributed by atoms with Gasteiger partial charge in [-0.15, -0.1) is 20.4 Å². The van der Waals surface area contributed by atoms with Gasteiger partial charge in [0.2, 0.25) is 21.5 Å². The number of nitrogen functional groups attached to an aromatic ring is 1. The number of Topliss-reactive ketones (excluding diaryl/α,β-unsaturated/α-hetero) is 2. The molecule has 8 aromatic heterocycles. The van der Waals surface area contributed by atoms with E-state index in [1.807, 2.05) is 0 Å². The van der Waals surface area contributed by atoms with Gasteiger partial charge in [0.15, 0.2) is 106 Å². The zero-order valence-electron chi connectivity index (χ0n) is 70.2. The number of hydrogen-bond donors (Lipinski definition) is 7. The molecule has 55 heteroatoms. The fraction of sp³-hybridized carbons (Fsp3) is 0.606. The maximum absolute atomic E-state index is 15.9. The third-order valence-electron chi connectivity index (χ3n) is 18.5. The lowest BCUT2D eigenvalue weighted by molar-refractivity contribution is -0.190. The minimum Gasteiger partial charge on any atom is -0.479 e. The number of H-pyrrole nitrogens is 2. The summed E-state index contributed by atoms with van der Waals surface area (Å²) in [7, 11) is 0. The van der Waals surface area contributed by atoms with Crippen molar-refractivity contribution in [2.45, 2.75) is 231 Å². The number of alkyl halides is 3. The Kier molecular flexibility index (Phi) is 30.0. The van der Waals surface area contributed by atoms with Crippen LogP contribution in [0.15, 0.2) is 19.0 Å². The van der Waals surface area contributed by atoms with Crippen molar-refractivity contribution in [1.29, 1.82) is 0 Å². The number of imidazole rings is 3. The molecule has 8 aromatic rings. The molecule has 0 spiro atoms. The number of aromatic nitrogens is 20. The van der Waals surface area contributed by atoms with E-state index in [2.05, 4.69) is 90.9 Å². The first-order chi connectivity index (χ1) is 58.6. The molecule has 0 aliphatic carbocycles. The zero-order valence-corrected chi connectivity index (χ0v) is 72.5. The summed E-state index contributed by atoms with van der Waals surface area (Å²) in [4.78, 5) is 167. The molecule has 0 saturated carbocycles. The highest BCUT2D eigenvalue weighted by atomic mass is 35.5. The third-order valence-corrected chi connectivity index (χ3v) is 19.0. The Labute approximate surface area is 725 Å². The second-order valence-corrected chi connectivity index (χ2v) is 33.3. The number of carboxylic acid groups (broad SMARTS) is 3. The summed E-state index contributed by atoms with van der Waals surface area (Å²) >= 11 is 18.3. The number of tetrazole rings is 2. The summed E-state index contributed by atoms with van der Waals surface area (Å²) in [6.45, 7) is 30.7. The van der Waals surface area contributed by atoms with Gasteiger partial charge >= 0.3 is 48.3 Å². The number of carbonyl (C=O) groups excluding carboxylic acids is 7. The first-order valence-electron chi connectivity index (χ1n) is 37.8. The molecule has 684 valence electrons. The lowest BCUT2D eigenvalue weighted by Gasteiger charge is -2.28. The van der Waals surface area contributed by atoms with Crippen molar-refractivity contribution in [3.8, 4) is 0 Å². The summed E-state index contributed by atoms with van der Waals surface area (Å²) < 4.78 is 111. The van der Waals surface area contributed by atoms with Crippen LogP contribution in [0.4, 0.5) is 49.8 Å². The summed E-state index contributed by atoms with van der Waals surface area (Å²) in [6, 6.07) is 0. The SMILES string of the molecule is CC(=O)C(Cc1nn[nH]n1)(OC[C@H]1O[C@@H](n2cnc3c(N(C(=O)OC(C)(C)C)C(=O)OC(C)(C)C)nc(Cl)nc32)[C@@H](F)[C@@H]1C)C(=O)O.Nc1nc(Cl)nc2c1ncn2[C@@H]1O[C@H](COC(Cc2nn[nH]n2)(C(=O)O)C(=O)O)[C@@H](O)[C@@H]1F.[C-]#[N+]CC(OC[C@H]1O[C@@H](n2cnc3c(N(C(=O)OC(C)(C)C)C(=O)OC(C)(C)C)nc(Cl)nc32)[C@@H](F)[C@@H]1C)(C(C)=O)C(=O)OCC. The highest BCUT2D eigenvalue weighted by molar-refractivity contribution is 6.30. The van der Waals surface area contributed by atoms with Gasteiger partial charge in [-0.05, 0) is 139 Å². The number of fused-ring (bicyclic) bond motifs is 3. The number of aliphatic carboxylic acids is 3. The van der Waals surface area contributed by atoms with Crippen LogP contribution in [-0.4, -0.2) is 295 Å². The van der Waals surface area contributed by atoms with Crippen LogP contribution in [0.2, 0.25) is 15.9 Å². The normalized spacial score (nSPS) is 21.8. The number of carboxylic acids is 3. The number of anilines is 3. The van der Waals surface area contributed by atoms with Gasteiger partial charge in [0, 0.05) is 11.8 Å². The van der Waals surface area contributed by atoms with Crippen LogP contribution in [-0.2, 0) is 93.7 Å². The van der Waals surface area contributed by atoms with Crippen LogP contribution in [0.3, 0.4) is 0 Å². The van der Waals surface area contributed by atoms with E-state index in [0.717, 1.165) is 31.1 Å². The molecule has 2 unspecified atom stereocenters. The molecule has 49 nitrogen and oxygen atoms in total. The van der Waals surface area contributed by atoms with Gasteiger partial charge in [0.1, 0.15) is 40.1 Å². The number of aliphatic hydroxyl groups is 1. The molecule has 4 amide bonds. The molecule has 8 N–H and O–H groups in total. The van der Waals surface area contributed by atoms with Crippen molar-refractivity contribution in [3.05, 3.63) is 57.9 Å². The van der Waals surface area contributed by atoms with Crippen LogP contribution in [0.25, 0.3) is 38.3 Å². The Balaban J connectivity index is 0.000000217. The number of carbonyl (C=O) groups is 10. The lowest BCUT2D eigenvalue weighted by Crippen LogP contribution is -2.53. The van der Waals surface area contributed by atoms with E-state index in [0.29, 0.717) is 9.80 Å². The van der Waals surface area contributed by atoms with E-state index in [4.69, 9.17) is 99.2 Å². The van der Waals surface area contributed by atoms with E-state index in [1.54, 1.807) is 83.1 Å². The largest absolute Gasteiger partial charge is 0.479 e. The van der Waals surface area contributed by atoms with Gasteiger partial charge in [0.05, 0.1) is 70.5 Å². The highest BCUT2D eigenvalue weighted by Crippen LogP contribution is 2.43. The zero-order chi connectivity index (χ0) is 93.7. The fourth-order valence-electron chi connectivity index (χ4n) is 12.3. The number of rotatable bonds is 26. The second-order valence-electron chi connectivity index (χ2n) is 32.3. The van der Waals surface area contributed by atoms with E-state index >= 15 is 8.78 Å². The Morgan fingerprint density at radius 1 is 0.524 bits per heavy atom. The van der Waals surface area contributed by atoms with Crippen molar-refractivity contribution < 1.29 is 134 Å². The highest BCUT2D eigenvalue weighted by Gasteiger charge is 2.56. The molecule has 3 aliphatic rings. The van der Waals surface area contributed by atoms with Crippen LogP contribution >= 0.6 is 34.8 Å². The molecular weight excluding hydrogens is 1750 g/mol. The van der Waals surface area contributed by atoms with E-state index < -0.39 is 228 Å². The molecule has 0 bridgehead atoms. The molecule has 3 aliphatic heterocycles. The minimum absolute atomic E-state index is 0.0245. The number of ketones is 2. The number of hydrogen-bond acceptors (Lipinski definition) is 38. The number of nitrogens with zero attached hydrogens (tertiary/aromatic N) is 21. The number of nitrogens with two attached hydrogens (primary N) is 1. The number of amides is 4. The minimum atomic E-state index is -2.85. The molecular formula is C71H88Cl3F3N24O25. The van der Waals surface area contributed by atoms with E-state index in [1.165, 1.54) is 36.2 Å². The van der Waals surface area contributed by atoms with Crippen molar-refractivity contribution >= 4 is 146 Å². The molecule has 14 atom stereocenters. The second kappa shape index (κ2) is 38.6. The number of aromatic amines is 2. The molecule has 3 saturated heterocycles. The molecule has 0 radical (unpaired) electrons. The van der Waals surface area contributed by atoms with E-state index in [9.17, 15) is 72.8 Å². The molecule has 126 heavy (non-hydrogen) atoms.